The van der Waals surface area contributed by atoms with Crippen LogP contribution >= 0.6 is 0 Å². The number of rotatable bonds is 10. The summed E-state index contributed by atoms with van der Waals surface area (Å²) in [6, 6.07) is 9.57. The monoisotopic (exact) mass is 580 g/mol. The molecule has 1 aromatic carbocycles. The molecule has 4 nitrogen and oxygen atoms in total. The van der Waals surface area contributed by atoms with Gasteiger partial charge in [-0.2, -0.15) is 0 Å². The molecule has 1 heterocycles. The van der Waals surface area contributed by atoms with E-state index in [1.54, 1.807) is 0 Å². The Bertz CT molecular complexity index is 1020. The van der Waals surface area contributed by atoms with Crippen LogP contribution in [-0.2, 0) is 9.47 Å². The van der Waals surface area contributed by atoms with Gasteiger partial charge in [-0.25, -0.2) is 4.79 Å². The maximum absolute atomic E-state index is 13.3. The van der Waals surface area contributed by atoms with Crippen LogP contribution in [0.5, 0.6) is 0 Å². The molecule has 0 aromatic heterocycles. The highest BCUT2D eigenvalue weighted by Gasteiger charge is 2.60. The summed E-state index contributed by atoms with van der Waals surface area (Å²) in [6.45, 7) is 16.0. The van der Waals surface area contributed by atoms with Crippen molar-refractivity contribution in [3.05, 3.63) is 35.9 Å². The SMILES string of the molecule is CCC(O)(CC)C[C@@H]1CC[C@@H]2[C@H](CC[C@]3(C)[C@@H]([C@H](C)C(CC4CCOCC4)OC(=O)c4ccccc4)CC[C@@H]23)C1(C)C. The van der Waals surface area contributed by atoms with Crippen molar-refractivity contribution in [2.75, 3.05) is 13.2 Å². The summed E-state index contributed by atoms with van der Waals surface area (Å²) >= 11 is 0. The van der Waals surface area contributed by atoms with E-state index in [2.05, 4.69) is 41.5 Å². The second kappa shape index (κ2) is 12.9. The minimum atomic E-state index is -0.511. The highest BCUT2D eigenvalue weighted by molar-refractivity contribution is 5.89. The fraction of sp³-hybridized carbons (Fsp3) is 0.816. The largest absolute Gasteiger partial charge is 0.458 e. The minimum absolute atomic E-state index is 0.0490. The lowest BCUT2D eigenvalue weighted by Crippen LogP contribution is -2.53. The lowest BCUT2D eigenvalue weighted by atomic mass is 9.46. The summed E-state index contributed by atoms with van der Waals surface area (Å²) in [5.41, 5.74) is 0.727. The van der Waals surface area contributed by atoms with Crippen LogP contribution in [0, 0.1) is 52.3 Å². The Kier molecular flexibility index (Phi) is 9.85. The van der Waals surface area contributed by atoms with E-state index in [4.69, 9.17) is 9.47 Å². The summed E-state index contributed by atoms with van der Waals surface area (Å²) in [7, 11) is 0. The molecule has 3 aliphatic carbocycles. The number of fused-ring (bicyclic) bond motifs is 3. The zero-order valence-electron chi connectivity index (χ0n) is 27.6. The Hall–Kier alpha value is -1.39. The van der Waals surface area contributed by atoms with Crippen LogP contribution in [0.1, 0.15) is 129 Å². The Morgan fingerprint density at radius 1 is 0.976 bits per heavy atom. The number of ether oxygens (including phenoxy) is 2. The van der Waals surface area contributed by atoms with Gasteiger partial charge in [0, 0.05) is 13.2 Å². The first-order valence-corrected chi connectivity index (χ1v) is 17.6. The smallest absolute Gasteiger partial charge is 0.338 e. The molecule has 4 fully saturated rings. The van der Waals surface area contributed by atoms with E-state index in [1.165, 1.54) is 38.5 Å². The Balaban J connectivity index is 1.33. The maximum Gasteiger partial charge on any atom is 0.338 e. The molecule has 1 N–H and O–H groups in total. The van der Waals surface area contributed by atoms with Gasteiger partial charge in [-0.3, -0.25) is 0 Å². The van der Waals surface area contributed by atoms with Crippen molar-refractivity contribution < 1.29 is 19.4 Å². The number of carbonyl (C=O) groups excluding carboxylic acids is 1. The summed E-state index contributed by atoms with van der Waals surface area (Å²) in [4.78, 5) is 13.3. The molecule has 4 aliphatic rings. The molecule has 1 aliphatic heterocycles. The van der Waals surface area contributed by atoms with E-state index in [1.807, 2.05) is 30.3 Å². The van der Waals surface area contributed by atoms with Crippen molar-refractivity contribution in [2.45, 2.75) is 130 Å². The highest BCUT2D eigenvalue weighted by Crippen LogP contribution is 2.67. The molecule has 1 unspecified atom stereocenters. The Labute approximate surface area is 256 Å². The average molecular weight is 581 g/mol. The number of hydrogen-bond donors (Lipinski definition) is 1. The Morgan fingerprint density at radius 2 is 1.67 bits per heavy atom. The van der Waals surface area contributed by atoms with Gasteiger partial charge in [-0.05, 0) is 141 Å². The van der Waals surface area contributed by atoms with Gasteiger partial charge in [0.05, 0.1) is 11.2 Å². The highest BCUT2D eigenvalue weighted by atomic mass is 16.5. The lowest BCUT2D eigenvalue weighted by Gasteiger charge is -2.59. The molecule has 0 radical (unpaired) electrons. The van der Waals surface area contributed by atoms with Crippen molar-refractivity contribution in [1.82, 2.24) is 0 Å². The third kappa shape index (κ3) is 6.23. The third-order valence-corrected chi connectivity index (χ3v) is 13.7. The molecule has 0 amide bonds. The molecule has 42 heavy (non-hydrogen) atoms. The number of esters is 1. The zero-order valence-corrected chi connectivity index (χ0v) is 27.6. The van der Waals surface area contributed by atoms with Crippen LogP contribution in [-0.4, -0.2) is 36.0 Å². The molecule has 1 aromatic rings. The molecule has 4 heteroatoms. The van der Waals surface area contributed by atoms with Crippen LogP contribution in [0.2, 0.25) is 0 Å². The normalized spacial score (nSPS) is 34.7. The van der Waals surface area contributed by atoms with Crippen LogP contribution in [0.3, 0.4) is 0 Å². The second-order valence-corrected chi connectivity index (χ2v) is 15.8. The van der Waals surface area contributed by atoms with E-state index in [-0.39, 0.29) is 17.5 Å². The van der Waals surface area contributed by atoms with Gasteiger partial charge in [0.2, 0.25) is 0 Å². The summed E-state index contributed by atoms with van der Waals surface area (Å²) in [5, 5.41) is 11.3. The van der Waals surface area contributed by atoms with Crippen molar-refractivity contribution in [3.63, 3.8) is 0 Å². The van der Waals surface area contributed by atoms with Crippen LogP contribution in [0.4, 0.5) is 0 Å². The van der Waals surface area contributed by atoms with Crippen molar-refractivity contribution >= 4 is 5.97 Å². The van der Waals surface area contributed by atoms with Crippen LogP contribution in [0.25, 0.3) is 0 Å². The van der Waals surface area contributed by atoms with Crippen LogP contribution < -0.4 is 0 Å². The summed E-state index contributed by atoms with van der Waals surface area (Å²) in [6.07, 6.45) is 13.5. The number of aliphatic hydroxyl groups is 1. The standard InChI is InChI=1S/C38H60O4/c1-7-38(40,8-2)25-29-14-15-30-32(36(29,4)5)18-21-37(6)31(16-17-33(30)37)26(3)34(24-27-19-22-41-23-20-27)42-35(39)28-12-10-9-11-13-28/h9-13,26-27,29-34,40H,7-8,14-25H2,1-6H3/t26-,29-,30+,31+,32-,33-,34?,37+/m0/s1. The average Bonchev–Trinajstić information content (AvgIpc) is 3.36. The van der Waals surface area contributed by atoms with E-state index < -0.39 is 5.60 Å². The van der Waals surface area contributed by atoms with Gasteiger partial charge in [-0.1, -0.05) is 59.7 Å². The van der Waals surface area contributed by atoms with Gasteiger partial charge in [0.25, 0.3) is 0 Å². The van der Waals surface area contributed by atoms with Crippen molar-refractivity contribution in [1.29, 1.82) is 0 Å². The number of hydrogen-bond acceptors (Lipinski definition) is 4. The summed E-state index contributed by atoms with van der Waals surface area (Å²) in [5.74, 6) is 4.22. The predicted octanol–water partition coefficient (Wildman–Crippen LogP) is 9.10. The van der Waals surface area contributed by atoms with Gasteiger partial charge in [0.15, 0.2) is 0 Å². The topological polar surface area (TPSA) is 55.8 Å². The molecule has 236 valence electrons. The molecular formula is C38H60O4. The molecular weight excluding hydrogens is 520 g/mol. The van der Waals surface area contributed by atoms with Crippen LogP contribution in [0.15, 0.2) is 30.3 Å². The fourth-order valence-corrected chi connectivity index (χ4v) is 10.7. The molecule has 0 spiro atoms. The first-order valence-electron chi connectivity index (χ1n) is 17.6. The van der Waals surface area contributed by atoms with Crippen molar-refractivity contribution in [2.24, 2.45) is 52.3 Å². The maximum atomic E-state index is 13.3. The predicted molar refractivity (Wildman–Crippen MR) is 170 cm³/mol. The first kappa shape index (κ1) is 32.0. The van der Waals surface area contributed by atoms with Gasteiger partial charge >= 0.3 is 5.97 Å². The number of benzene rings is 1. The molecule has 8 atom stereocenters. The van der Waals surface area contributed by atoms with E-state index >= 15 is 0 Å². The lowest BCUT2D eigenvalue weighted by molar-refractivity contribution is -0.117. The second-order valence-electron chi connectivity index (χ2n) is 15.8. The fourth-order valence-electron chi connectivity index (χ4n) is 10.7. The molecule has 5 rings (SSSR count). The van der Waals surface area contributed by atoms with E-state index in [9.17, 15) is 9.90 Å². The summed E-state index contributed by atoms with van der Waals surface area (Å²) < 4.78 is 12.1. The molecule has 3 saturated carbocycles. The quantitative estimate of drug-likeness (QED) is 0.280. The molecule has 1 saturated heterocycles. The van der Waals surface area contributed by atoms with Gasteiger partial charge in [0.1, 0.15) is 6.10 Å². The minimum Gasteiger partial charge on any atom is -0.458 e. The van der Waals surface area contributed by atoms with Gasteiger partial charge < -0.3 is 14.6 Å². The van der Waals surface area contributed by atoms with E-state index in [0.717, 1.165) is 69.5 Å². The zero-order chi connectivity index (χ0) is 30.1. The molecule has 0 bridgehead atoms. The van der Waals surface area contributed by atoms with Crippen molar-refractivity contribution in [3.8, 4) is 0 Å². The third-order valence-electron chi connectivity index (χ3n) is 13.7. The first-order chi connectivity index (χ1) is 20.0. The van der Waals surface area contributed by atoms with Gasteiger partial charge in [-0.15, -0.1) is 0 Å². The Morgan fingerprint density at radius 3 is 2.33 bits per heavy atom. The van der Waals surface area contributed by atoms with E-state index in [0.29, 0.717) is 34.7 Å². The number of carbonyl (C=O) groups is 1.